The van der Waals surface area contributed by atoms with Gasteiger partial charge in [-0.05, 0) is 13.0 Å². The molecular formula is C10H10N2O3. The molecule has 5 nitrogen and oxygen atoms in total. The first-order valence-corrected chi connectivity index (χ1v) is 4.44. The lowest BCUT2D eigenvalue weighted by Crippen LogP contribution is -2.24. The molecular weight excluding hydrogens is 196 g/mol. The number of hydrogen-bond donors (Lipinski definition) is 0. The average molecular weight is 206 g/mol. The Morgan fingerprint density at radius 1 is 1.33 bits per heavy atom. The zero-order chi connectivity index (χ0) is 11.2. The van der Waals surface area contributed by atoms with Crippen molar-refractivity contribution < 1.29 is 14.3 Å². The average Bonchev–Trinajstić information content (AvgIpc) is 2.43. The van der Waals surface area contributed by atoms with Gasteiger partial charge in [0.2, 0.25) is 5.88 Å². The monoisotopic (exact) mass is 206 g/mol. The Morgan fingerprint density at radius 3 is 2.60 bits per heavy atom. The molecule has 1 aliphatic rings. The van der Waals surface area contributed by atoms with E-state index in [0.29, 0.717) is 11.3 Å². The lowest BCUT2D eigenvalue weighted by molar-refractivity contribution is 0.0692. The summed E-state index contributed by atoms with van der Waals surface area (Å²) in [5.41, 5.74) is 1.28. The molecule has 0 fully saturated rings. The highest BCUT2D eigenvalue weighted by molar-refractivity contribution is 6.22. The molecule has 78 valence electrons. The Hall–Kier alpha value is -1.91. The van der Waals surface area contributed by atoms with Gasteiger partial charge in [0.15, 0.2) is 0 Å². The van der Waals surface area contributed by atoms with Gasteiger partial charge in [-0.25, -0.2) is 4.98 Å². The first-order chi connectivity index (χ1) is 7.06. The van der Waals surface area contributed by atoms with E-state index in [-0.39, 0.29) is 23.3 Å². The summed E-state index contributed by atoms with van der Waals surface area (Å²) < 4.78 is 4.99. The molecule has 0 aromatic carbocycles. The maximum absolute atomic E-state index is 11.7. The van der Waals surface area contributed by atoms with Gasteiger partial charge in [0.25, 0.3) is 11.8 Å². The van der Waals surface area contributed by atoms with E-state index >= 15 is 0 Å². The van der Waals surface area contributed by atoms with Crippen molar-refractivity contribution in [2.24, 2.45) is 0 Å². The maximum atomic E-state index is 11.7. The van der Waals surface area contributed by atoms with Crippen LogP contribution in [-0.4, -0.2) is 35.9 Å². The fraction of sp³-hybridized carbons (Fsp3) is 0.300. The molecule has 0 aliphatic carbocycles. The highest BCUT2D eigenvalue weighted by atomic mass is 16.5. The van der Waals surface area contributed by atoms with Crippen molar-refractivity contribution in [1.29, 1.82) is 0 Å². The molecule has 0 bridgehead atoms. The normalized spacial score (nSPS) is 14.5. The number of pyridine rings is 1. The molecule has 2 rings (SSSR count). The van der Waals surface area contributed by atoms with E-state index in [1.165, 1.54) is 14.2 Å². The van der Waals surface area contributed by atoms with Crippen LogP contribution in [0.3, 0.4) is 0 Å². The number of amides is 2. The number of methoxy groups -OCH3 is 1. The first kappa shape index (κ1) is 9.64. The van der Waals surface area contributed by atoms with Crippen molar-refractivity contribution in [2.45, 2.75) is 6.92 Å². The van der Waals surface area contributed by atoms with Gasteiger partial charge in [-0.1, -0.05) is 0 Å². The summed E-state index contributed by atoms with van der Waals surface area (Å²) >= 11 is 0. The van der Waals surface area contributed by atoms with Crippen molar-refractivity contribution in [3.63, 3.8) is 0 Å². The number of aryl methyl sites for hydroxylation is 1. The number of carbonyl (C=O) groups is 2. The van der Waals surface area contributed by atoms with E-state index in [2.05, 4.69) is 4.98 Å². The van der Waals surface area contributed by atoms with E-state index < -0.39 is 0 Å². The molecule has 1 aromatic rings. The number of ether oxygens (including phenoxy) is 1. The van der Waals surface area contributed by atoms with Crippen molar-refractivity contribution in [2.75, 3.05) is 14.2 Å². The minimum absolute atomic E-state index is 0.215. The van der Waals surface area contributed by atoms with Crippen LogP contribution < -0.4 is 4.74 Å². The molecule has 5 heteroatoms. The SMILES string of the molecule is COc1nc(C)cc2c1C(=O)N(C)C2=O. The third kappa shape index (κ3) is 1.20. The third-order valence-electron chi connectivity index (χ3n) is 2.36. The molecule has 1 aromatic heterocycles. The van der Waals surface area contributed by atoms with Crippen LogP contribution in [0.5, 0.6) is 5.88 Å². The molecule has 2 amide bonds. The predicted octanol–water partition coefficient (Wildman–Crippen LogP) is 0.624. The second kappa shape index (κ2) is 3.05. The quantitative estimate of drug-likeness (QED) is 0.632. The highest BCUT2D eigenvalue weighted by Crippen LogP contribution is 2.28. The van der Waals surface area contributed by atoms with Crippen LogP contribution in [0, 0.1) is 6.92 Å². The molecule has 0 radical (unpaired) electrons. The van der Waals surface area contributed by atoms with Gasteiger partial charge in [0.1, 0.15) is 5.56 Å². The number of hydrogen-bond acceptors (Lipinski definition) is 4. The van der Waals surface area contributed by atoms with Crippen LogP contribution in [0.15, 0.2) is 6.07 Å². The fourth-order valence-corrected chi connectivity index (χ4v) is 1.61. The zero-order valence-corrected chi connectivity index (χ0v) is 8.70. The Morgan fingerprint density at radius 2 is 2.00 bits per heavy atom. The zero-order valence-electron chi connectivity index (χ0n) is 8.70. The van der Waals surface area contributed by atoms with Gasteiger partial charge in [0, 0.05) is 12.7 Å². The topological polar surface area (TPSA) is 59.5 Å². The van der Waals surface area contributed by atoms with Gasteiger partial charge in [0.05, 0.1) is 12.7 Å². The molecule has 0 N–H and O–H groups in total. The lowest BCUT2D eigenvalue weighted by atomic mass is 10.1. The standard InChI is InChI=1S/C10H10N2O3/c1-5-4-6-7(8(11-5)15-3)10(14)12(2)9(6)13/h4H,1-3H3. The second-order valence-electron chi connectivity index (χ2n) is 3.36. The number of carbonyl (C=O) groups excluding carboxylic acids is 2. The number of aromatic nitrogens is 1. The summed E-state index contributed by atoms with van der Waals surface area (Å²) in [4.78, 5) is 28.5. The maximum Gasteiger partial charge on any atom is 0.266 e. The van der Waals surface area contributed by atoms with Crippen molar-refractivity contribution in [3.05, 3.63) is 22.9 Å². The van der Waals surface area contributed by atoms with Gasteiger partial charge in [-0.15, -0.1) is 0 Å². The molecule has 0 unspecified atom stereocenters. The second-order valence-corrected chi connectivity index (χ2v) is 3.36. The Labute approximate surface area is 86.7 Å². The molecule has 15 heavy (non-hydrogen) atoms. The number of nitrogens with zero attached hydrogens (tertiary/aromatic N) is 2. The minimum Gasteiger partial charge on any atom is -0.480 e. The minimum atomic E-state index is -0.362. The van der Waals surface area contributed by atoms with Gasteiger partial charge in [-0.3, -0.25) is 14.5 Å². The fourth-order valence-electron chi connectivity index (χ4n) is 1.61. The van der Waals surface area contributed by atoms with Crippen LogP contribution in [0.2, 0.25) is 0 Å². The van der Waals surface area contributed by atoms with Crippen LogP contribution in [-0.2, 0) is 0 Å². The van der Waals surface area contributed by atoms with Gasteiger partial charge >= 0.3 is 0 Å². The molecule has 0 saturated heterocycles. The summed E-state index contributed by atoms with van der Waals surface area (Å²) in [6.07, 6.45) is 0. The summed E-state index contributed by atoms with van der Waals surface area (Å²) in [6.45, 7) is 1.75. The van der Waals surface area contributed by atoms with E-state index in [1.54, 1.807) is 13.0 Å². The summed E-state index contributed by atoms with van der Waals surface area (Å²) in [7, 11) is 2.87. The van der Waals surface area contributed by atoms with E-state index in [0.717, 1.165) is 4.90 Å². The van der Waals surface area contributed by atoms with Crippen molar-refractivity contribution in [1.82, 2.24) is 9.88 Å². The Kier molecular flexibility index (Phi) is 1.96. The van der Waals surface area contributed by atoms with E-state index in [9.17, 15) is 9.59 Å². The van der Waals surface area contributed by atoms with Gasteiger partial charge in [-0.2, -0.15) is 0 Å². The lowest BCUT2D eigenvalue weighted by Gasteiger charge is -2.04. The molecule has 2 heterocycles. The Balaban J connectivity index is 2.73. The first-order valence-electron chi connectivity index (χ1n) is 4.44. The summed E-state index contributed by atoms with van der Waals surface area (Å²) in [5.74, 6) is -0.453. The van der Waals surface area contributed by atoms with Gasteiger partial charge < -0.3 is 4.74 Å². The van der Waals surface area contributed by atoms with Crippen LogP contribution >= 0.6 is 0 Å². The highest BCUT2D eigenvalue weighted by Gasteiger charge is 2.36. The molecule has 0 spiro atoms. The van der Waals surface area contributed by atoms with Crippen LogP contribution in [0.25, 0.3) is 0 Å². The molecule has 1 aliphatic heterocycles. The Bertz CT molecular complexity index is 468. The van der Waals surface area contributed by atoms with Crippen molar-refractivity contribution in [3.8, 4) is 5.88 Å². The number of rotatable bonds is 1. The molecule has 0 atom stereocenters. The smallest absolute Gasteiger partial charge is 0.266 e. The van der Waals surface area contributed by atoms with E-state index in [1.807, 2.05) is 0 Å². The van der Waals surface area contributed by atoms with Crippen molar-refractivity contribution >= 4 is 11.8 Å². The molecule has 0 saturated carbocycles. The van der Waals surface area contributed by atoms with E-state index in [4.69, 9.17) is 4.74 Å². The summed E-state index contributed by atoms with van der Waals surface area (Å²) in [5, 5.41) is 0. The number of imide groups is 1. The third-order valence-corrected chi connectivity index (χ3v) is 2.36. The van der Waals surface area contributed by atoms with Crippen LogP contribution in [0.4, 0.5) is 0 Å². The van der Waals surface area contributed by atoms with Crippen LogP contribution in [0.1, 0.15) is 26.4 Å². The number of fused-ring (bicyclic) bond motifs is 1. The largest absolute Gasteiger partial charge is 0.480 e. The predicted molar refractivity (Wildman–Crippen MR) is 52.0 cm³/mol. The summed E-state index contributed by atoms with van der Waals surface area (Å²) in [6, 6.07) is 1.60.